The van der Waals surface area contributed by atoms with E-state index in [4.69, 9.17) is 13.9 Å². The molecule has 0 aromatic heterocycles. The Morgan fingerprint density at radius 2 is 1.82 bits per heavy atom. The Hall–Kier alpha value is -0.683. The predicted molar refractivity (Wildman–Crippen MR) is 92.6 cm³/mol. The zero-order valence-corrected chi connectivity index (χ0v) is 15.8. The zero-order valence-electron chi connectivity index (χ0n) is 14.8. The summed E-state index contributed by atoms with van der Waals surface area (Å²) >= 11 is 0. The van der Waals surface area contributed by atoms with Crippen LogP contribution in [0.1, 0.15) is 38.9 Å². The van der Waals surface area contributed by atoms with Crippen LogP contribution in [0.2, 0.25) is 18.1 Å². The van der Waals surface area contributed by atoms with Crippen LogP contribution in [0.25, 0.3) is 0 Å². The molecule has 0 unspecified atom stereocenters. The second-order valence-corrected chi connectivity index (χ2v) is 12.5. The van der Waals surface area contributed by atoms with Crippen molar-refractivity contribution in [2.24, 2.45) is 0 Å². The zero-order chi connectivity index (χ0) is 16.4. The number of hydrogen-bond donors (Lipinski definition) is 0. The molecule has 2 rings (SSSR count). The van der Waals surface area contributed by atoms with Gasteiger partial charge in [0.2, 0.25) is 0 Å². The van der Waals surface area contributed by atoms with Crippen molar-refractivity contribution in [3.8, 4) is 0 Å². The number of hydrogen-bond acceptors (Lipinski definition) is 3. The van der Waals surface area contributed by atoms with E-state index in [9.17, 15) is 0 Å². The highest BCUT2D eigenvalue weighted by atomic mass is 28.4. The van der Waals surface area contributed by atoms with Crippen LogP contribution in [-0.2, 0) is 13.9 Å². The summed E-state index contributed by atoms with van der Waals surface area (Å²) in [6.07, 6.45) is 1.13. The van der Waals surface area contributed by atoms with E-state index in [2.05, 4.69) is 58.1 Å². The molecule has 0 spiro atoms. The van der Waals surface area contributed by atoms with Gasteiger partial charge in [0.25, 0.3) is 0 Å². The van der Waals surface area contributed by atoms with E-state index < -0.39 is 8.32 Å². The molecular weight excluding hydrogens is 292 g/mol. The van der Waals surface area contributed by atoms with Gasteiger partial charge in [-0.15, -0.1) is 0 Å². The van der Waals surface area contributed by atoms with Crippen LogP contribution < -0.4 is 0 Å². The van der Waals surface area contributed by atoms with Gasteiger partial charge in [-0.1, -0.05) is 51.1 Å². The van der Waals surface area contributed by atoms with E-state index in [1.54, 1.807) is 7.11 Å². The molecule has 1 aliphatic heterocycles. The van der Waals surface area contributed by atoms with Gasteiger partial charge in [-0.05, 0) is 23.7 Å². The van der Waals surface area contributed by atoms with Gasteiger partial charge in [-0.25, -0.2) is 0 Å². The van der Waals surface area contributed by atoms with E-state index in [1.807, 2.05) is 6.07 Å². The first-order chi connectivity index (χ1) is 10.2. The fourth-order valence-electron chi connectivity index (χ4n) is 2.50. The van der Waals surface area contributed by atoms with Gasteiger partial charge in [0.1, 0.15) is 6.10 Å². The maximum Gasteiger partial charge on any atom is 0.192 e. The summed E-state index contributed by atoms with van der Waals surface area (Å²) in [5.41, 5.74) is 1.22. The highest BCUT2D eigenvalue weighted by Crippen LogP contribution is 2.39. The SMILES string of the molecule is CO[C@@H]1C[C@@H](c2ccccc2)O[C@@H]1CO[Si](C)(C)C(C)(C)C. The molecule has 0 N–H and O–H groups in total. The number of ether oxygens (including phenoxy) is 2. The second kappa shape index (κ2) is 6.83. The third kappa shape index (κ3) is 3.99. The Bertz CT molecular complexity index is 467. The Labute approximate surface area is 136 Å². The number of methoxy groups -OCH3 is 1. The molecular formula is C18H30O3Si. The van der Waals surface area contributed by atoms with E-state index in [0.29, 0.717) is 6.61 Å². The van der Waals surface area contributed by atoms with Crippen LogP contribution in [-0.4, -0.2) is 34.2 Å². The minimum atomic E-state index is -1.75. The first-order valence-electron chi connectivity index (χ1n) is 8.12. The molecule has 1 fully saturated rings. The summed E-state index contributed by atoms with van der Waals surface area (Å²) in [5.74, 6) is 0. The van der Waals surface area contributed by atoms with Crippen LogP contribution in [0.15, 0.2) is 30.3 Å². The second-order valence-electron chi connectivity index (χ2n) is 7.66. The molecule has 3 atom stereocenters. The highest BCUT2D eigenvalue weighted by Gasteiger charge is 2.41. The number of benzene rings is 1. The van der Waals surface area contributed by atoms with Gasteiger partial charge < -0.3 is 13.9 Å². The number of rotatable bonds is 5. The molecule has 1 aromatic carbocycles. The first kappa shape index (κ1) is 17.7. The molecule has 0 saturated carbocycles. The molecule has 1 heterocycles. The van der Waals surface area contributed by atoms with Crippen molar-refractivity contribution in [2.75, 3.05) is 13.7 Å². The van der Waals surface area contributed by atoms with Crippen molar-refractivity contribution in [1.82, 2.24) is 0 Å². The Kier molecular flexibility index (Phi) is 5.48. The normalized spacial score (nSPS) is 26.4. The molecule has 0 bridgehead atoms. The summed E-state index contributed by atoms with van der Waals surface area (Å²) in [6.45, 7) is 12.0. The smallest absolute Gasteiger partial charge is 0.192 e. The third-order valence-corrected chi connectivity index (χ3v) is 9.59. The van der Waals surface area contributed by atoms with Crippen molar-refractivity contribution >= 4 is 8.32 Å². The molecule has 0 amide bonds. The Morgan fingerprint density at radius 3 is 2.36 bits per heavy atom. The van der Waals surface area contributed by atoms with Crippen LogP contribution in [0.4, 0.5) is 0 Å². The fourth-order valence-corrected chi connectivity index (χ4v) is 3.51. The Balaban J connectivity index is 1.99. The lowest BCUT2D eigenvalue weighted by Crippen LogP contribution is -2.44. The summed E-state index contributed by atoms with van der Waals surface area (Å²) in [5, 5.41) is 0.215. The van der Waals surface area contributed by atoms with Gasteiger partial charge in [-0.2, -0.15) is 0 Å². The van der Waals surface area contributed by atoms with Crippen LogP contribution in [0.5, 0.6) is 0 Å². The van der Waals surface area contributed by atoms with E-state index >= 15 is 0 Å². The van der Waals surface area contributed by atoms with E-state index in [1.165, 1.54) is 5.56 Å². The van der Waals surface area contributed by atoms with E-state index in [-0.39, 0.29) is 23.4 Å². The van der Waals surface area contributed by atoms with Crippen LogP contribution in [0.3, 0.4) is 0 Å². The van der Waals surface area contributed by atoms with Crippen molar-refractivity contribution in [1.29, 1.82) is 0 Å². The lowest BCUT2D eigenvalue weighted by Gasteiger charge is -2.37. The van der Waals surface area contributed by atoms with Crippen molar-refractivity contribution < 1.29 is 13.9 Å². The fraction of sp³-hybridized carbons (Fsp3) is 0.667. The average molecular weight is 323 g/mol. The van der Waals surface area contributed by atoms with Crippen molar-refractivity contribution in [3.63, 3.8) is 0 Å². The lowest BCUT2D eigenvalue weighted by atomic mass is 10.0. The maximum atomic E-state index is 6.33. The van der Waals surface area contributed by atoms with Gasteiger partial charge >= 0.3 is 0 Å². The topological polar surface area (TPSA) is 27.7 Å². The minimum Gasteiger partial charge on any atom is -0.414 e. The van der Waals surface area contributed by atoms with Crippen LogP contribution in [0, 0.1) is 0 Å². The van der Waals surface area contributed by atoms with Gasteiger partial charge in [0.15, 0.2) is 8.32 Å². The molecule has 1 saturated heterocycles. The van der Waals surface area contributed by atoms with Gasteiger partial charge in [0.05, 0.1) is 18.8 Å². The quantitative estimate of drug-likeness (QED) is 0.744. The standard InChI is InChI=1S/C18H30O3Si/c1-18(2,3)22(5,6)20-13-17-16(19-4)12-15(21-17)14-10-8-7-9-11-14/h7-11,15-17H,12-13H2,1-6H3/t15-,16+,17+/m0/s1. The predicted octanol–water partition coefficient (Wildman–Crippen LogP) is 4.55. The summed E-state index contributed by atoms with van der Waals surface area (Å²) < 4.78 is 18.2. The molecule has 124 valence electrons. The molecule has 4 heteroatoms. The summed E-state index contributed by atoms with van der Waals surface area (Å²) in [4.78, 5) is 0. The molecule has 1 aliphatic rings. The van der Waals surface area contributed by atoms with Crippen molar-refractivity contribution in [3.05, 3.63) is 35.9 Å². The van der Waals surface area contributed by atoms with Gasteiger partial charge in [0, 0.05) is 13.5 Å². The Morgan fingerprint density at radius 1 is 1.18 bits per heavy atom. The molecule has 3 nitrogen and oxygen atoms in total. The van der Waals surface area contributed by atoms with Crippen molar-refractivity contribution in [2.45, 2.75) is 63.6 Å². The van der Waals surface area contributed by atoms with E-state index in [0.717, 1.165) is 6.42 Å². The largest absolute Gasteiger partial charge is 0.414 e. The minimum absolute atomic E-state index is 0.0179. The molecule has 22 heavy (non-hydrogen) atoms. The molecule has 0 radical (unpaired) electrons. The maximum absolute atomic E-state index is 6.33. The summed E-state index contributed by atoms with van der Waals surface area (Å²) in [6, 6.07) is 10.4. The monoisotopic (exact) mass is 322 g/mol. The lowest BCUT2D eigenvalue weighted by molar-refractivity contribution is -0.0316. The third-order valence-electron chi connectivity index (χ3n) is 5.09. The summed E-state index contributed by atoms with van der Waals surface area (Å²) in [7, 11) is 0.0130. The molecule has 1 aromatic rings. The molecule has 0 aliphatic carbocycles. The average Bonchev–Trinajstić information content (AvgIpc) is 2.88. The highest BCUT2D eigenvalue weighted by molar-refractivity contribution is 6.74. The van der Waals surface area contributed by atoms with Gasteiger partial charge in [-0.3, -0.25) is 0 Å². The van der Waals surface area contributed by atoms with Crippen LogP contribution >= 0.6 is 0 Å². The first-order valence-corrected chi connectivity index (χ1v) is 11.0.